The van der Waals surface area contributed by atoms with Gasteiger partial charge in [0.05, 0.1) is 6.61 Å². The first-order valence-corrected chi connectivity index (χ1v) is 4.78. The van der Waals surface area contributed by atoms with Crippen LogP contribution in [-0.2, 0) is 14.3 Å². The summed E-state index contributed by atoms with van der Waals surface area (Å²) in [5.41, 5.74) is -0.955. The third-order valence-corrected chi connectivity index (χ3v) is 2.49. The zero-order valence-corrected chi connectivity index (χ0v) is 8.52. The highest BCUT2D eigenvalue weighted by atomic mass is 16.5. The fourth-order valence-corrected chi connectivity index (χ4v) is 1.45. The van der Waals surface area contributed by atoms with E-state index in [1.165, 1.54) is 0 Å². The summed E-state index contributed by atoms with van der Waals surface area (Å²) in [5, 5.41) is 19.6. The van der Waals surface area contributed by atoms with Crippen LogP contribution in [0, 0.1) is 0 Å². The van der Waals surface area contributed by atoms with Gasteiger partial charge in [-0.05, 0) is 19.8 Å². The first kappa shape index (κ1) is 11.9. The van der Waals surface area contributed by atoms with Crippen molar-refractivity contribution in [2.75, 3.05) is 13.2 Å². The van der Waals surface area contributed by atoms with Crippen molar-refractivity contribution in [3.05, 3.63) is 0 Å². The molecule has 0 aromatic rings. The van der Waals surface area contributed by atoms with E-state index in [1.54, 1.807) is 6.92 Å². The number of amides is 1. The number of hydrogen-bond donors (Lipinski definition) is 3. The van der Waals surface area contributed by atoms with E-state index in [4.69, 9.17) is 14.9 Å². The van der Waals surface area contributed by atoms with Gasteiger partial charge in [-0.1, -0.05) is 0 Å². The van der Waals surface area contributed by atoms with Gasteiger partial charge in [-0.25, -0.2) is 4.79 Å². The molecular formula is C9H15NO5. The minimum Gasteiger partial charge on any atom is -0.480 e. The summed E-state index contributed by atoms with van der Waals surface area (Å²) >= 11 is 0. The van der Waals surface area contributed by atoms with Crippen molar-refractivity contribution in [3.8, 4) is 0 Å². The molecule has 0 aliphatic carbocycles. The van der Waals surface area contributed by atoms with E-state index in [2.05, 4.69) is 5.32 Å². The fraction of sp³-hybridized carbons (Fsp3) is 0.778. The van der Waals surface area contributed by atoms with Crippen LogP contribution in [0.2, 0.25) is 0 Å². The third-order valence-electron chi connectivity index (χ3n) is 2.49. The number of carbonyl (C=O) groups is 2. The maximum absolute atomic E-state index is 11.6. The number of ether oxygens (including phenoxy) is 1. The second-order valence-corrected chi connectivity index (χ2v) is 3.73. The van der Waals surface area contributed by atoms with Gasteiger partial charge >= 0.3 is 5.97 Å². The predicted molar refractivity (Wildman–Crippen MR) is 50.2 cm³/mol. The minimum absolute atomic E-state index is 0.485. The molecule has 6 nitrogen and oxygen atoms in total. The van der Waals surface area contributed by atoms with Gasteiger partial charge in [-0.15, -0.1) is 0 Å². The molecule has 15 heavy (non-hydrogen) atoms. The number of hydrogen-bond acceptors (Lipinski definition) is 4. The van der Waals surface area contributed by atoms with Crippen molar-refractivity contribution in [1.82, 2.24) is 5.32 Å². The summed E-state index contributed by atoms with van der Waals surface area (Å²) < 4.78 is 5.24. The van der Waals surface area contributed by atoms with Gasteiger partial charge in [0, 0.05) is 6.61 Å². The van der Waals surface area contributed by atoms with Crippen molar-refractivity contribution in [1.29, 1.82) is 0 Å². The third kappa shape index (κ3) is 2.66. The van der Waals surface area contributed by atoms with Crippen molar-refractivity contribution < 1.29 is 24.5 Å². The van der Waals surface area contributed by atoms with E-state index >= 15 is 0 Å². The van der Waals surface area contributed by atoms with Crippen LogP contribution in [0.3, 0.4) is 0 Å². The highest BCUT2D eigenvalue weighted by Gasteiger charge is 2.39. The van der Waals surface area contributed by atoms with Crippen LogP contribution in [0.15, 0.2) is 0 Å². The van der Waals surface area contributed by atoms with Gasteiger partial charge in [0.2, 0.25) is 0 Å². The normalized spacial score (nSPS) is 27.3. The molecule has 1 heterocycles. The lowest BCUT2D eigenvalue weighted by atomic mass is 10.0. The molecule has 1 amide bonds. The smallest absolute Gasteiger partial charge is 0.328 e. The average molecular weight is 217 g/mol. The average Bonchev–Trinajstić information content (AvgIpc) is 2.61. The maximum atomic E-state index is 11.6. The van der Waals surface area contributed by atoms with E-state index in [1.807, 2.05) is 0 Å². The molecule has 0 spiro atoms. The minimum atomic E-state index is -1.27. The molecule has 1 rings (SSSR count). The summed E-state index contributed by atoms with van der Waals surface area (Å²) in [6.07, 6.45) is 1.34. The Balaban J connectivity index is 2.57. The summed E-state index contributed by atoms with van der Waals surface area (Å²) in [5.74, 6) is -1.74. The Morgan fingerprint density at radius 3 is 2.67 bits per heavy atom. The number of rotatable bonds is 4. The number of carbonyl (C=O) groups excluding carboxylic acids is 1. The zero-order valence-electron chi connectivity index (χ0n) is 8.52. The quantitative estimate of drug-likeness (QED) is 0.568. The number of aliphatic hydroxyl groups excluding tert-OH is 1. The van der Waals surface area contributed by atoms with E-state index in [0.717, 1.165) is 6.42 Å². The van der Waals surface area contributed by atoms with Crippen LogP contribution in [0.4, 0.5) is 0 Å². The Hall–Kier alpha value is -1.14. The first-order valence-electron chi connectivity index (χ1n) is 4.78. The topological polar surface area (TPSA) is 95.9 Å². The molecule has 2 atom stereocenters. The van der Waals surface area contributed by atoms with Gasteiger partial charge in [0.1, 0.15) is 11.6 Å². The SMILES string of the molecule is CC1(C(=O)N[C@H](CO)C(=O)O)CCCO1. The number of carboxylic acids is 1. The molecule has 1 saturated heterocycles. The lowest BCUT2D eigenvalue weighted by Crippen LogP contribution is -2.52. The number of nitrogens with one attached hydrogen (secondary N) is 1. The molecule has 1 aliphatic heterocycles. The molecule has 1 aliphatic rings. The molecule has 3 N–H and O–H groups in total. The molecule has 86 valence electrons. The van der Waals surface area contributed by atoms with Crippen LogP contribution < -0.4 is 5.32 Å². The van der Waals surface area contributed by atoms with Crippen molar-refractivity contribution >= 4 is 11.9 Å². The standard InChI is InChI=1S/C9H15NO5/c1-9(3-2-4-15-9)8(14)10-6(5-11)7(12)13/h6,11H,2-5H2,1H3,(H,10,14)(H,12,13)/t6-,9?/m1/s1. The van der Waals surface area contributed by atoms with E-state index in [0.29, 0.717) is 13.0 Å². The number of carboxylic acid groups (broad SMARTS) is 1. The van der Waals surface area contributed by atoms with E-state index in [9.17, 15) is 9.59 Å². The first-order chi connectivity index (χ1) is 6.99. The molecule has 1 fully saturated rings. The van der Waals surface area contributed by atoms with Crippen LogP contribution >= 0.6 is 0 Å². The summed E-state index contributed by atoms with van der Waals surface area (Å²) in [7, 11) is 0. The van der Waals surface area contributed by atoms with Crippen LogP contribution in [0.25, 0.3) is 0 Å². The highest BCUT2D eigenvalue weighted by Crippen LogP contribution is 2.25. The van der Waals surface area contributed by atoms with Crippen molar-refractivity contribution in [2.45, 2.75) is 31.4 Å². The van der Waals surface area contributed by atoms with Crippen molar-refractivity contribution in [2.24, 2.45) is 0 Å². The van der Waals surface area contributed by atoms with Crippen LogP contribution in [0.1, 0.15) is 19.8 Å². The Kier molecular flexibility index (Phi) is 3.65. The Bertz CT molecular complexity index is 259. The van der Waals surface area contributed by atoms with Gasteiger partial charge < -0.3 is 20.3 Å². The second-order valence-electron chi connectivity index (χ2n) is 3.73. The fourth-order valence-electron chi connectivity index (χ4n) is 1.45. The van der Waals surface area contributed by atoms with Crippen LogP contribution in [0.5, 0.6) is 0 Å². The second kappa shape index (κ2) is 4.59. The predicted octanol–water partition coefficient (Wildman–Crippen LogP) is -0.883. The number of aliphatic carboxylic acids is 1. The lowest BCUT2D eigenvalue weighted by Gasteiger charge is -2.23. The molecule has 0 aromatic carbocycles. The lowest BCUT2D eigenvalue weighted by molar-refractivity contribution is -0.148. The molecule has 0 radical (unpaired) electrons. The molecule has 0 aromatic heterocycles. The van der Waals surface area contributed by atoms with Crippen LogP contribution in [-0.4, -0.2) is 46.9 Å². The largest absolute Gasteiger partial charge is 0.480 e. The highest BCUT2D eigenvalue weighted by molar-refractivity contribution is 5.89. The summed E-state index contributed by atoms with van der Waals surface area (Å²) in [6.45, 7) is 1.49. The Morgan fingerprint density at radius 1 is 1.60 bits per heavy atom. The van der Waals surface area contributed by atoms with Crippen molar-refractivity contribution in [3.63, 3.8) is 0 Å². The van der Waals surface area contributed by atoms with Gasteiger partial charge in [-0.2, -0.15) is 0 Å². The number of aliphatic hydroxyl groups is 1. The Morgan fingerprint density at radius 2 is 2.27 bits per heavy atom. The molecule has 6 heteroatoms. The Labute approximate surface area is 87.2 Å². The zero-order chi connectivity index (χ0) is 11.5. The maximum Gasteiger partial charge on any atom is 0.328 e. The summed E-state index contributed by atoms with van der Waals surface area (Å²) in [4.78, 5) is 22.2. The molecule has 0 saturated carbocycles. The van der Waals surface area contributed by atoms with E-state index in [-0.39, 0.29) is 0 Å². The van der Waals surface area contributed by atoms with E-state index < -0.39 is 30.1 Å². The van der Waals surface area contributed by atoms with Gasteiger partial charge in [-0.3, -0.25) is 4.79 Å². The van der Waals surface area contributed by atoms with Gasteiger partial charge in [0.15, 0.2) is 0 Å². The molecule has 0 bridgehead atoms. The summed E-state index contributed by atoms with van der Waals surface area (Å²) in [6, 6.07) is -1.27. The monoisotopic (exact) mass is 217 g/mol. The molecular weight excluding hydrogens is 202 g/mol. The molecule has 1 unspecified atom stereocenters. The van der Waals surface area contributed by atoms with Gasteiger partial charge in [0.25, 0.3) is 5.91 Å².